The van der Waals surface area contributed by atoms with Gasteiger partial charge in [-0.15, -0.1) is 0 Å². The Balaban J connectivity index is 2.59. The minimum atomic E-state index is -0.992. The van der Waals surface area contributed by atoms with Gasteiger partial charge >= 0.3 is 5.97 Å². The second kappa shape index (κ2) is 7.76. The van der Waals surface area contributed by atoms with Crippen LogP contribution in [0.4, 0.5) is 0 Å². The molecule has 0 aliphatic carbocycles. The Kier molecular flexibility index (Phi) is 6.67. The van der Waals surface area contributed by atoms with E-state index in [1.54, 1.807) is 0 Å². The summed E-state index contributed by atoms with van der Waals surface area (Å²) >= 11 is 6.72. The Hall–Kier alpha value is -0.590. The number of ether oxygens (including phenoxy) is 1. The quantitative estimate of drug-likeness (QED) is 0.711. The molecule has 0 saturated heterocycles. The van der Waals surface area contributed by atoms with Crippen LogP contribution < -0.4 is 10.5 Å². The van der Waals surface area contributed by atoms with E-state index >= 15 is 0 Å². The molecule has 1 atom stereocenters. The van der Waals surface area contributed by atoms with Gasteiger partial charge in [-0.1, -0.05) is 44.0 Å². The van der Waals surface area contributed by atoms with Crippen LogP contribution in [0.3, 0.4) is 0 Å². The number of benzene rings is 1. The van der Waals surface area contributed by atoms with Gasteiger partial charge in [-0.05, 0) is 24.1 Å². The molecule has 1 unspecified atom stereocenters. The summed E-state index contributed by atoms with van der Waals surface area (Å²) in [6.07, 6.45) is 0.382. The predicted molar refractivity (Wildman–Crippen MR) is 77.8 cm³/mol. The number of hydrogen-bond donors (Lipinski definition) is 2. The Morgan fingerprint density at radius 1 is 1.28 bits per heavy atom. The van der Waals surface area contributed by atoms with E-state index in [0.717, 1.165) is 22.0 Å². The second-order valence-electron chi connectivity index (χ2n) is 3.84. The number of rotatable bonds is 7. The molecule has 4 nitrogen and oxygen atoms in total. The Bertz CT molecular complexity index is 379. The summed E-state index contributed by atoms with van der Waals surface area (Å²) in [7, 11) is 0. The zero-order chi connectivity index (χ0) is 13.5. The van der Waals surface area contributed by atoms with Gasteiger partial charge in [0.15, 0.2) is 0 Å². The van der Waals surface area contributed by atoms with Crippen LogP contribution in [0.5, 0.6) is 5.75 Å². The third-order valence-corrected chi connectivity index (χ3v) is 3.79. The smallest absolute Gasteiger partial charge is 0.320 e. The number of hydrogen-bond acceptors (Lipinski definition) is 3. The number of carboxylic acid groups (broad SMARTS) is 1. The van der Waals surface area contributed by atoms with Gasteiger partial charge in [0, 0.05) is 10.7 Å². The molecule has 6 heteroatoms. The van der Waals surface area contributed by atoms with Crippen molar-refractivity contribution in [3.63, 3.8) is 0 Å². The van der Waals surface area contributed by atoms with Gasteiger partial charge in [0.05, 0.1) is 0 Å². The first kappa shape index (κ1) is 15.5. The van der Waals surface area contributed by atoms with E-state index in [9.17, 15) is 4.79 Å². The average molecular weight is 381 g/mol. The van der Waals surface area contributed by atoms with Gasteiger partial charge in [-0.3, -0.25) is 4.79 Å². The van der Waals surface area contributed by atoms with Gasteiger partial charge in [0.1, 0.15) is 17.9 Å². The van der Waals surface area contributed by atoms with Crippen molar-refractivity contribution in [1.29, 1.82) is 0 Å². The lowest BCUT2D eigenvalue weighted by Crippen LogP contribution is -2.32. The lowest BCUT2D eigenvalue weighted by Gasteiger charge is -2.14. The predicted octanol–water partition coefficient (Wildman–Crippen LogP) is 2.18. The highest BCUT2D eigenvalue weighted by molar-refractivity contribution is 9.09. The molecule has 0 aliphatic rings. The van der Waals surface area contributed by atoms with Crippen LogP contribution in [0.2, 0.25) is 0 Å². The second-order valence-corrected chi connectivity index (χ2v) is 5.14. The zero-order valence-electron chi connectivity index (χ0n) is 9.68. The van der Waals surface area contributed by atoms with Crippen molar-refractivity contribution in [3.05, 3.63) is 29.8 Å². The fraction of sp³-hybridized carbons (Fsp3) is 0.417. The van der Waals surface area contributed by atoms with Crippen LogP contribution in [0.1, 0.15) is 5.56 Å². The van der Waals surface area contributed by atoms with Gasteiger partial charge in [-0.25, -0.2) is 0 Å². The molecular weight excluding hydrogens is 366 g/mol. The summed E-state index contributed by atoms with van der Waals surface area (Å²) in [6.45, 7) is 0. The summed E-state index contributed by atoms with van der Waals surface area (Å²) < 4.78 is 5.68. The summed E-state index contributed by atoms with van der Waals surface area (Å²) in [5, 5.41) is 10.2. The molecule has 0 heterocycles. The van der Waals surface area contributed by atoms with E-state index in [2.05, 4.69) is 31.9 Å². The molecule has 0 aromatic heterocycles. The summed E-state index contributed by atoms with van der Waals surface area (Å²) in [5.41, 5.74) is 6.35. The Labute approximate surface area is 123 Å². The number of halogens is 2. The number of aliphatic carboxylic acids is 1. The molecule has 0 fully saturated rings. The van der Waals surface area contributed by atoms with Gasteiger partial charge in [-0.2, -0.15) is 0 Å². The highest BCUT2D eigenvalue weighted by Crippen LogP contribution is 2.16. The minimum Gasteiger partial charge on any atom is -0.489 e. The first-order valence-electron chi connectivity index (χ1n) is 5.42. The maximum Gasteiger partial charge on any atom is 0.320 e. The van der Waals surface area contributed by atoms with Crippen molar-refractivity contribution in [2.24, 2.45) is 5.73 Å². The summed E-state index contributed by atoms with van der Waals surface area (Å²) in [4.78, 5) is 10.6. The number of nitrogens with two attached hydrogens (primary N) is 1. The van der Waals surface area contributed by atoms with Crippen LogP contribution in [0.25, 0.3) is 0 Å². The van der Waals surface area contributed by atoms with E-state index in [4.69, 9.17) is 15.6 Å². The number of carbonyl (C=O) groups is 1. The third-order valence-electron chi connectivity index (χ3n) is 2.34. The standard InChI is InChI=1S/C12H15Br2NO3/c13-6-10(7-14)18-9-3-1-8(2-4-9)5-11(15)12(16)17/h1-4,10-11H,5-7,15H2,(H,16,17). The Morgan fingerprint density at radius 2 is 1.83 bits per heavy atom. The molecule has 0 amide bonds. The molecule has 0 saturated carbocycles. The van der Waals surface area contributed by atoms with Crippen molar-refractivity contribution in [3.8, 4) is 5.75 Å². The maximum absolute atomic E-state index is 10.6. The fourth-order valence-electron chi connectivity index (χ4n) is 1.34. The average Bonchev–Trinajstić information content (AvgIpc) is 2.37. The molecule has 1 aromatic rings. The topological polar surface area (TPSA) is 72.5 Å². The summed E-state index contributed by atoms with van der Waals surface area (Å²) in [6, 6.07) is 6.44. The normalized spacial score (nSPS) is 12.4. The van der Waals surface area contributed by atoms with E-state index in [1.165, 1.54) is 0 Å². The highest BCUT2D eigenvalue weighted by atomic mass is 79.9. The molecule has 0 radical (unpaired) electrons. The molecule has 0 aliphatic heterocycles. The SMILES string of the molecule is NC(Cc1ccc(OC(CBr)CBr)cc1)C(=O)O. The molecule has 1 aromatic carbocycles. The number of alkyl halides is 2. The van der Waals surface area contributed by atoms with E-state index < -0.39 is 12.0 Å². The van der Waals surface area contributed by atoms with Crippen LogP contribution in [0, 0.1) is 0 Å². The van der Waals surface area contributed by atoms with Crippen molar-refractivity contribution in [1.82, 2.24) is 0 Å². The Morgan fingerprint density at radius 3 is 2.28 bits per heavy atom. The van der Waals surface area contributed by atoms with E-state index in [-0.39, 0.29) is 6.10 Å². The molecular formula is C12H15Br2NO3. The largest absolute Gasteiger partial charge is 0.489 e. The van der Waals surface area contributed by atoms with Crippen LogP contribution in [-0.4, -0.2) is 33.9 Å². The van der Waals surface area contributed by atoms with E-state index in [1.807, 2.05) is 24.3 Å². The molecule has 100 valence electrons. The summed E-state index contributed by atoms with van der Waals surface area (Å²) in [5.74, 6) is -0.236. The van der Waals surface area contributed by atoms with Crippen molar-refractivity contribution >= 4 is 37.8 Å². The van der Waals surface area contributed by atoms with Crippen LogP contribution in [-0.2, 0) is 11.2 Å². The zero-order valence-corrected chi connectivity index (χ0v) is 12.9. The van der Waals surface area contributed by atoms with Crippen molar-refractivity contribution < 1.29 is 14.6 Å². The maximum atomic E-state index is 10.6. The lowest BCUT2D eigenvalue weighted by atomic mass is 10.1. The molecule has 1 rings (SSSR count). The number of carboxylic acids is 1. The molecule has 0 bridgehead atoms. The molecule has 0 spiro atoms. The lowest BCUT2D eigenvalue weighted by molar-refractivity contribution is -0.138. The molecule has 18 heavy (non-hydrogen) atoms. The van der Waals surface area contributed by atoms with Gasteiger partial charge < -0.3 is 15.6 Å². The fourth-order valence-corrected chi connectivity index (χ4v) is 2.68. The van der Waals surface area contributed by atoms with E-state index in [0.29, 0.717) is 6.42 Å². The van der Waals surface area contributed by atoms with Crippen molar-refractivity contribution in [2.45, 2.75) is 18.6 Å². The van der Waals surface area contributed by atoms with Gasteiger partial charge in [0.2, 0.25) is 0 Å². The first-order chi connectivity index (χ1) is 8.56. The third kappa shape index (κ3) is 4.96. The van der Waals surface area contributed by atoms with Crippen molar-refractivity contribution in [2.75, 3.05) is 10.7 Å². The first-order valence-corrected chi connectivity index (χ1v) is 7.67. The van der Waals surface area contributed by atoms with Crippen LogP contribution in [0.15, 0.2) is 24.3 Å². The highest BCUT2D eigenvalue weighted by Gasteiger charge is 2.12. The van der Waals surface area contributed by atoms with Crippen LogP contribution >= 0.6 is 31.9 Å². The van der Waals surface area contributed by atoms with Gasteiger partial charge in [0.25, 0.3) is 0 Å². The monoisotopic (exact) mass is 379 g/mol. The minimum absolute atomic E-state index is 0.0668. The molecule has 3 N–H and O–H groups in total.